The second-order valence-corrected chi connectivity index (χ2v) is 9.60. The van der Waals surface area contributed by atoms with Gasteiger partial charge in [-0.25, -0.2) is 16.8 Å². The Labute approximate surface area is 143 Å². The number of hydrogen-bond acceptors (Lipinski definition) is 5. The molecule has 0 unspecified atom stereocenters. The number of ether oxygens (including phenoxy) is 1. The predicted octanol–water partition coefficient (Wildman–Crippen LogP) is 0.907. The van der Waals surface area contributed by atoms with Gasteiger partial charge < -0.3 is 4.74 Å². The number of rotatable bonds is 6. The topological polar surface area (TPSA) is 84.0 Å². The summed E-state index contributed by atoms with van der Waals surface area (Å²) in [6.07, 6.45) is 0. The molecule has 1 aliphatic heterocycles. The largest absolute Gasteiger partial charge is 0.497 e. The molecule has 1 heterocycles. The third kappa shape index (κ3) is 4.15. The molecule has 1 saturated heterocycles. The van der Waals surface area contributed by atoms with Crippen molar-refractivity contribution in [3.05, 3.63) is 36.4 Å². The molecule has 7 nitrogen and oxygen atoms in total. The average Bonchev–Trinajstić information content (AvgIpc) is 2.54. The number of benzene rings is 1. The van der Waals surface area contributed by atoms with Crippen molar-refractivity contribution < 1.29 is 21.6 Å². The fourth-order valence-corrected chi connectivity index (χ4v) is 5.43. The van der Waals surface area contributed by atoms with Gasteiger partial charge in [-0.2, -0.15) is 8.61 Å². The minimum absolute atomic E-state index is 0.113. The molecule has 0 saturated carbocycles. The van der Waals surface area contributed by atoms with Crippen LogP contribution in [-0.2, 0) is 20.0 Å². The van der Waals surface area contributed by atoms with E-state index in [1.54, 1.807) is 19.1 Å². The first-order valence-corrected chi connectivity index (χ1v) is 10.5. The van der Waals surface area contributed by atoms with Crippen molar-refractivity contribution in [1.82, 2.24) is 8.61 Å². The summed E-state index contributed by atoms with van der Waals surface area (Å²) in [5.74, 6) is 0.461. The lowest BCUT2D eigenvalue weighted by Crippen LogP contribution is -2.50. The van der Waals surface area contributed by atoms with E-state index in [0.29, 0.717) is 11.3 Å². The summed E-state index contributed by atoms with van der Waals surface area (Å²) < 4.78 is 57.3. The highest BCUT2D eigenvalue weighted by Gasteiger charge is 2.32. The van der Waals surface area contributed by atoms with E-state index in [9.17, 15) is 16.8 Å². The zero-order valence-electron chi connectivity index (χ0n) is 13.8. The molecule has 24 heavy (non-hydrogen) atoms. The maximum atomic E-state index is 12.6. The summed E-state index contributed by atoms with van der Waals surface area (Å²) in [5, 5.41) is 0. The maximum Gasteiger partial charge on any atom is 0.243 e. The van der Waals surface area contributed by atoms with E-state index in [2.05, 4.69) is 6.58 Å². The van der Waals surface area contributed by atoms with Gasteiger partial charge in [0.05, 0.1) is 17.8 Å². The molecule has 2 rings (SSSR count). The van der Waals surface area contributed by atoms with Crippen LogP contribution in [0.25, 0.3) is 0 Å². The van der Waals surface area contributed by atoms with E-state index < -0.39 is 20.0 Å². The summed E-state index contributed by atoms with van der Waals surface area (Å²) >= 11 is 0. The van der Waals surface area contributed by atoms with E-state index in [1.165, 1.54) is 27.9 Å². The second-order valence-electron chi connectivity index (χ2n) is 5.69. The van der Waals surface area contributed by atoms with Gasteiger partial charge >= 0.3 is 0 Å². The van der Waals surface area contributed by atoms with Gasteiger partial charge in [0.1, 0.15) is 5.75 Å². The Hall–Kier alpha value is -1.42. The Kier molecular flexibility index (Phi) is 5.69. The van der Waals surface area contributed by atoms with Gasteiger partial charge in [-0.15, -0.1) is 0 Å². The molecule has 0 aromatic heterocycles. The van der Waals surface area contributed by atoms with Gasteiger partial charge in [-0.1, -0.05) is 12.2 Å². The summed E-state index contributed by atoms with van der Waals surface area (Å²) in [6.45, 7) is 5.82. The first kappa shape index (κ1) is 18.9. The predicted molar refractivity (Wildman–Crippen MR) is 91.9 cm³/mol. The zero-order chi connectivity index (χ0) is 18.0. The molecular formula is C15H22N2O5S2. The SMILES string of the molecule is C=C(C)CS(=O)(=O)N1CCN(S(=O)(=O)c2ccc(OC)cc2)CC1. The fraction of sp³-hybridized carbons (Fsp3) is 0.467. The van der Waals surface area contributed by atoms with Crippen molar-refractivity contribution in [1.29, 1.82) is 0 Å². The number of methoxy groups -OCH3 is 1. The second kappa shape index (κ2) is 7.22. The van der Waals surface area contributed by atoms with E-state index in [-0.39, 0.29) is 36.8 Å². The van der Waals surface area contributed by atoms with Crippen molar-refractivity contribution in [3.63, 3.8) is 0 Å². The number of hydrogen-bond donors (Lipinski definition) is 0. The van der Waals surface area contributed by atoms with Crippen LogP contribution in [0.4, 0.5) is 0 Å². The average molecular weight is 374 g/mol. The van der Waals surface area contributed by atoms with Crippen molar-refractivity contribution in [3.8, 4) is 5.75 Å². The van der Waals surface area contributed by atoms with Gasteiger partial charge in [0.25, 0.3) is 0 Å². The van der Waals surface area contributed by atoms with Crippen molar-refractivity contribution in [2.45, 2.75) is 11.8 Å². The van der Waals surface area contributed by atoms with E-state index in [0.717, 1.165) is 0 Å². The molecule has 1 aromatic rings. The Bertz CT molecular complexity index is 793. The quantitative estimate of drug-likeness (QED) is 0.691. The van der Waals surface area contributed by atoms with E-state index in [4.69, 9.17) is 4.74 Å². The van der Waals surface area contributed by atoms with Gasteiger partial charge in [0.2, 0.25) is 20.0 Å². The number of sulfonamides is 2. The highest BCUT2D eigenvalue weighted by Crippen LogP contribution is 2.21. The lowest BCUT2D eigenvalue weighted by Gasteiger charge is -2.33. The Morgan fingerprint density at radius 2 is 1.54 bits per heavy atom. The minimum Gasteiger partial charge on any atom is -0.497 e. The van der Waals surface area contributed by atoms with Gasteiger partial charge in [-0.05, 0) is 31.2 Å². The smallest absolute Gasteiger partial charge is 0.243 e. The summed E-state index contributed by atoms with van der Waals surface area (Å²) in [7, 11) is -5.56. The number of piperazine rings is 1. The molecule has 0 bridgehead atoms. The lowest BCUT2D eigenvalue weighted by molar-refractivity contribution is 0.273. The van der Waals surface area contributed by atoms with Gasteiger partial charge in [0.15, 0.2) is 0 Å². The van der Waals surface area contributed by atoms with Crippen molar-refractivity contribution in [2.75, 3.05) is 39.0 Å². The zero-order valence-corrected chi connectivity index (χ0v) is 15.4. The molecule has 0 N–H and O–H groups in total. The first-order valence-electron chi connectivity index (χ1n) is 7.43. The molecule has 1 fully saturated rings. The normalized spacial score (nSPS) is 17.6. The third-order valence-corrected chi connectivity index (χ3v) is 7.64. The van der Waals surface area contributed by atoms with Crippen LogP contribution < -0.4 is 4.74 Å². The highest BCUT2D eigenvalue weighted by atomic mass is 32.2. The van der Waals surface area contributed by atoms with E-state index >= 15 is 0 Å². The van der Waals surface area contributed by atoms with Crippen molar-refractivity contribution >= 4 is 20.0 Å². The Balaban J connectivity index is 2.09. The van der Waals surface area contributed by atoms with Crippen LogP contribution in [0.5, 0.6) is 5.75 Å². The molecule has 0 atom stereocenters. The fourth-order valence-electron chi connectivity index (χ4n) is 2.49. The lowest BCUT2D eigenvalue weighted by atomic mass is 10.3. The summed E-state index contributed by atoms with van der Waals surface area (Å²) in [4.78, 5) is 0.168. The molecule has 0 amide bonds. The van der Waals surface area contributed by atoms with Crippen LogP contribution in [0.1, 0.15) is 6.92 Å². The van der Waals surface area contributed by atoms with Crippen LogP contribution in [0, 0.1) is 0 Å². The standard InChI is InChI=1S/C15H22N2O5S2/c1-13(2)12-23(18,19)16-8-10-17(11-9-16)24(20,21)15-6-4-14(22-3)5-7-15/h4-7H,1,8-12H2,2-3H3. The highest BCUT2D eigenvalue weighted by molar-refractivity contribution is 7.89. The van der Waals surface area contributed by atoms with Crippen LogP contribution in [0.2, 0.25) is 0 Å². The van der Waals surface area contributed by atoms with E-state index in [1.807, 2.05) is 0 Å². The molecule has 0 aliphatic carbocycles. The molecule has 134 valence electrons. The number of nitrogens with zero attached hydrogens (tertiary/aromatic N) is 2. The molecule has 0 radical (unpaired) electrons. The van der Waals surface area contributed by atoms with Crippen LogP contribution >= 0.6 is 0 Å². The molecular weight excluding hydrogens is 352 g/mol. The minimum atomic E-state index is -3.64. The van der Waals surface area contributed by atoms with Gasteiger partial charge in [0, 0.05) is 26.2 Å². The monoisotopic (exact) mass is 374 g/mol. The van der Waals surface area contributed by atoms with Crippen LogP contribution in [-0.4, -0.2) is 64.5 Å². The molecule has 0 spiro atoms. The third-order valence-electron chi connectivity index (χ3n) is 3.72. The van der Waals surface area contributed by atoms with Crippen molar-refractivity contribution in [2.24, 2.45) is 0 Å². The van der Waals surface area contributed by atoms with Crippen LogP contribution in [0.3, 0.4) is 0 Å². The molecule has 1 aliphatic rings. The first-order chi connectivity index (χ1) is 11.2. The Morgan fingerprint density at radius 3 is 2.00 bits per heavy atom. The van der Waals surface area contributed by atoms with Gasteiger partial charge in [-0.3, -0.25) is 0 Å². The molecule has 1 aromatic carbocycles. The van der Waals surface area contributed by atoms with Crippen LogP contribution in [0.15, 0.2) is 41.3 Å². The summed E-state index contributed by atoms with van der Waals surface area (Å²) in [5.41, 5.74) is 0.559. The molecule has 9 heteroatoms. The summed E-state index contributed by atoms with van der Waals surface area (Å²) in [6, 6.07) is 6.14. The Morgan fingerprint density at radius 1 is 1.04 bits per heavy atom. The maximum absolute atomic E-state index is 12.6.